The molecule has 0 aromatic heterocycles. The Labute approximate surface area is 123 Å². The van der Waals surface area contributed by atoms with E-state index in [2.05, 4.69) is 27.7 Å². The average molecular weight is 269 g/mol. The fourth-order valence-corrected chi connectivity index (χ4v) is 3.11. The Morgan fingerprint density at radius 3 is 1.58 bits per heavy atom. The molecule has 0 saturated heterocycles. The molecule has 0 heterocycles. The number of rotatable bonds is 14. The van der Waals surface area contributed by atoms with Gasteiger partial charge in [0, 0.05) is 0 Å². The molecule has 0 aliphatic rings. The van der Waals surface area contributed by atoms with Crippen molar-refractivity contribution in [1.29, 1.82) is 0 Å². The van der Waals surface area contributed by atoms with Crippen molar-refractivity contribution >= 4 is 0 Å². The van der Waals surface area contributed by atoms with E-state index in [1.54, 1.807) is 0 Å². The highest BCUT2D eigenvalue weighted by atomic mass is 14.2. The quantitative estimate of drug-likeness (QED) is 0.288. The Morgan fingerprint density at radius 1 is 0.579 bits per heavy atom. The van der Waals surface area contributed by atoms with Gasteiger partial charge in [0.05, 0.1) is 0 Å². The zero-order chi connectivity index (χ0) is 14.3. The van der Waals surface area contributed by atoms with E-state index in [4.69, 9.17) is 0 Å². The average Bonchev–Trinajstić information content (AvgIpc) is 2.38. The van der Waals surface area contributed by atoms with Gasteiger partial charge in [-0.25, -0.2) is 0 Å². The Kier molecular flexibility index (Phi) is 14.4. The molecular weight excluding hydrogens is 228 g/mol. The second-order valence-corrected chi connectivity index (χ2v) is 6.90. The third-order valence-corrected chi connectivity index (χ3v) is 4.24. The van der Waals surface area contributed by atoms with Crippen LogP contribution in [-0.4, -0.2) is 0 Å². The number of unbranched alkanes of at least 4 members (excludes halogenated alkanes) is 8. The van der Waals surface area contributed by atoms with Crippen LogP contribution >= 0.6 is 0 Å². The first-order valence-electron chi connectivity index (χ1n) is 9.20. The molecule has 0 spiro atoms. The van der Waals surface area contributed by atoms with Gasteiger partial charge in [0.1, 0.15) is 0 Å². The van der Waals surface area contributed by atoms with Gasteiger partial charge in [-0.05, 0) is 18.3 Å². The molecule has 0 amide bonds. The van der Waals surface area contributed by atoms with Gasteiger partial charge in [0.25, 0.3) is 0 Å². The van der Waals surface area contributed by atoms with Gasteiger partial charge >= 0.3 is 0 Å². The maximum absolute atomic E-state index is 2.38. The lowest BCUT2D eigenvalue weighted by molar-refractivity contribution is 0.342. The highest BCUT2D eigenvalue weighted by Crippen LogP contribution is 2.24. The maximum atomic E-state index is 2.38. The lowest BCUT2D eigenvalue weighted by Gasteiger charge is -2.18. The number of hydrogen-bond acceptors (Lipinski definition) is 0. The summed E-state index contributed by atoms with van der Waals surface area (Å²) < 4.78 is 0. The molecule has 0 aromatic rings. The minimum Gasteiger partial charge on any atom is -0.0654 e. The fourth-order valence-electron chi connectivity index (χ4n) is 3.11. The molecule has 0 N–H and O–H groups in total. The highest BCUT2D eigenvalue weighted by Gasteiger charge is 2.10. The predicted molar refractivity (Wildman–Crippen MR) is 89.7 cm³/mol. The topological polar surface area (TPSA) is 0 Å². The smallest absolute Gasteiger partial charge is 0.0412 e. The minimum atomic E-state index is 0.885. The first-order valence-corrected chi connectivity index (χ1v) is 9.20. The summed E-state index contributed by atoms with van der Waals surface area (Å²) in [6, 6.07) is 0. The van der Waals surface area contributed by atoms with E-state index in [-0.39, 0.29) is 0 Å². The Morgan fingerprint density at radius 2 is 1.05 bits per heavy atom. The van der Waals surface area contributed by atoms with Gasteiger partial charge in [-0.1, -0.05) is 105 Å². The van der Waals surface area contributed by atoms with Crippen LogP contribution in [0.25, 0.3) is 0 Å². The van der Waals surface area contributed by atoms with E-state index < -0.39 is 0 Å². The molecule has 0 aliphatic heterocycles. The zero-order valence-electron chi connectivity index (χ0n) is 14.3. The van der Waals surface area contributed by atoms with Gasteiger partial charge in [0.15, 0.2) is 0 Å². The summed E-state index contributed by atoms with van der Waals surface area (Å²) >= 11 is 0. The normalized spacial score (nSPS) is 13.1. The molecule has 116 valence electrons. The molecular formula is C19H40. The van der Waals surface area contributed by atoms with Crippen molar-refractivity contribution in [3.63, 3.8) is 0 Å². The second kappa shape index (κ2) is 14.4. The van der Waals surface area contributed by atoms with E-state index in [1.807, 2.05) is 0 Å². The minimum absolute atomic E-state index is 0.885. The van der Waals surface area contributed by atoms with Crippen LogP contribution < -0.4 is 0 Å². The van der Waals surface area contributed by atoms with E-state index >= 15 is 0 Å². The lowest BCUT2D eigenvalue weighted by atomic mass is 9.88. The van der Waals surface area contributed by atoms with Crippen LogP contribution in [0.15, 0.2) is 0 Å². The second-order valence-electron chi connectivity index (χ2n) is 6.90. The molecule has 0 radical (unpaired) electrons. The predicted octanol–water partition coefficient (Wildman–Crippen LogP) is 7.37. The van der Waals surface area contributed by atoms with Gasteiger partial charge in [-0.15, -0.1) is 0 Å². The van der Waals surface area contributed by atoms with Crippen LogP contribution in [0.2, 0.25) is 0 Å². The van der Waals surface area contributed by atoms with Crippen LogP contribution in [0.4, 0.5) is 0 Å². The molecule has 0 fully saturated rings. The summed E-state index contributed by atoms with van der Waals surface area (Å²) in [6.45, 7) is 9.38. The van der Waals surface area contributed by atoms with Crippen LogP contribution in [0.3, 0.4) is 0 Å². The number of hydrogen-bond donors (Lipinski definition) is 0. The fraction of sp³-hybridized carbons (Fsp3) is 1.00. The van der Waals surface area contributed by atoms with Crippen LogP contribution in [0.5, 0.6) is 0 Å². The van der Waals surface area contributed by atoms with Gasteiger partial charge in [0.2, 0.25) is 0 Å². The summed E-state index contributed by atoms with van der Waals surface area (Å²) in [6.07, 6.45) is 18.9. The Hall–Kier alpha value is 0. The first-order chi connectivity index (χ1) is 9.20. The molecule has 0 aromatic carbocycles. The van der Waals surface area contributed by atoms with Crippen molar-refractivity contribution < 1.29 is 0 Å². The van der Waals surface area contributed by atoms with Crippen molar-refractivity contribution in [2.45, 2.75) is 111 Å². The summed E-state index contributed by atoms with van der Waals surface area (Å²) in [5.74, 6) is 1.90. The molecule has 0 bridgehead atoms. The highest BCUT2D eigenvalue weighted by molar-refractivity contribution is 4.62. The van der Waals surface area contributed by atoms with E-state index in [1.165, 1.54) is 83.5 Å². The summed E-state index contributed by atoms with van der Waals surface area (Å²) in [4.78, 5) is 0. The SMILES string of the molecule is CCCCCCCCCCC(CCCC)CC(C)C. The molecule has 0 rings (SSSR count). The van der Waals surface area contributed by atoms with Gasteiger partial charge < -0.3 is 0 Å². The molecule has 19 heavy (non-hydrogen) atoms. The van der Waals surface area contributed by atoms with Crippen molar-refractivity contribution in [2.24, 2.45) is 11.8 Å². The standard InChI is InChI=1S/C19H40/c1-5-7-9-10-11-12-13-14-16-19(15-8-6-2)17-18(3)4/h18-19H,5-17H2,1-4H3. The van der Waals surface area contributed by atoms with Crippen LogP contribution in [0.1, 0.15) is 111 Å². The monoisotopic (exact) mass is 268 g/mol. The molecule has 0 heteroatoms. The van der Waals surface area contributed by atoms with Crippen LogP contribution in [0, 0.1) is 11.8 Å². The molecule has 0 aliphatic carbocycles. The van der Waals surface area contributed by atoms with Crippen molar-refractivity contribution in [3.05, 3.63) is 0 Å². The van der Waals surface area contributed by atoms with Gasteiger partial charge in [-0.3, -0.25) is 0 Å². The van der Waals surface area contributed by atoms with E-state index in [9.17, 15) is 0 Å². The van der Waals surface area contributed by atoms with Crippen molar-refractivity contribution in [2.75, 3.05) is 0 Å². The van der Waals surface area contributed by atoms with Crippen molar-refractivity contribution in [1.82, 2.24) is 0 Å². The molecule has 1 atom stereocenters. The van der Waals surface area contributed by atoms with Crippen LogP contribution in [-0.2, 0) is 0 Å². The van der Waals surface area contributed by atoms with Crippen molar-refractivity contribution in [3.8, 4) is 0 Å². The summed E-state index contributed by atoms with van der Waals surface area (Å²) in [5, 5.41) is 0. The largest absolute Gasteiger partial charge is 0.0654 e. The molecule has 0 nitrogen and oxygen atoms in total. The molecule has 0 saturated carbocycles. The zero-order valence-corrected chi connectivity index (χ0v) is 14.3. The third kappa shape index (κ3) is 14.2. The Balaban J connectivity index is 3.46. The summed E-state index contributed by atoms with van der Waals surface area (Å²) in [7, 11) is 0. The van der Waals surface area contributed by atoms with E-state index in [0.29, 0.717) is 0 Å². The van der Waals surface area contributed by atoms with Gasteiger partial charge in [-0.2, -0.15) is 0 Å². The maximum Gasteiger partial charge on any atom is -0.0412 e. The summed E-state index contributed by atoms with van der Waals surface area (Å²) in [5.41, 5.74) is 0. The lowest BCUT2D eigenvalue weighted by Crippen LogP contribution is -2.05. The molecule has 1 unspecified atom stereocenters. The first kappa shape index (κ1) is 19.0. The Bertz CT molecular complexity index is 159. The van der Waals surface area contributed by atoms with E-state index in [0.717, 1.165) is 11.8 Å². The third-order valence-electron chi connectivity index (χ3n) is 4.24.